The first kappa shape index (κ1) is 10.8. The normalized spacial score (nSPS) is 32.7. The molecule has 3 unspecified atom stereocenters. The molecule has 3 heteroatoms. The molecule has 0 spiro atoms. The summed E-state index contributed by atoms with van der Waals surface area (Å²) < 4.78 is 0. The van der Waals surface area contributed by atoms with Crippen molar-refractivity contribution in [2.45, 2.75) is 31.3 Å². The van der Waals surface area contributed by atoms with Gasteiger partial charge in [-0.1, -0.05) is 30.3 Å². The summed E-state index contributed by atoms with van der Waals surface area (Å²) in [6.45, 7) is 1.05. The highest BCUT2D eigenvalue weighted by Gasteiger charge is 2.37. The molecule has 2 saturated heterocycles. The number of hydrogen-bond donors (Lipinski definition) is 2. The van der Waals surface area contributed by atoms with E-state index in [9.17, 15) is 4.79 Å². The maximum Gasteiger partial charge on any atom is 0.225 e. The molecule has 2 aliphatic rings. The second kappa shape index (κ2) is 4.49. The molecule has 3 atom stereocenters. The van der Waals surface area contributed by atoms with Crippen molar-refractivity contribution in [2.75, 3.05) is 6.54 Å². The lowest BCUT2D eigenvalue weighted by molar-refractivity contribution is -0.130. The molecular formula is C14H18N2O. The lowest BCUT2D eigenvalue weighted by Gasteiger charge is -2.39. The molecule has 2 N–H and O–H groups in total. The van der Waals surface area contributed by atoms with Crippen LogP contribution in [0, 0.1) is 5.92 Å². The molecule has 3 nitrogen and oxygen atoms in total. The average Bonchev–Trinajstić information content (AvgIpc) is 2.40. The fourth-order valence-corrected chi connectivity index (χ4v) is 3.01. The third-order valence-corrected chi connectivity index (χ3v) is 3.93. The monoisotopic (exact) mass is 230 g/mol. The van der Waals surface area contributed by atoms with Crippen LogP contribution in [0.3, 0.4) is 0 Å². The molecule has 0 aliphatic carbocycles. The maximum atomic E-state index is 12.1. The Labute approximate surface area is 102 Å². The minimum atomic E-state index is 0.176. The topological polar surface area (TPSA) is 41.1 Å². The fourth-order valence-electron chi connectivity index (χ4n) is 3.01. The molecule has 0 saturated carbocycles. The van der Waals surface area contributed by atoms with E-state index >= 15 is 0 Å². The molecule has 2 fully saturated rings. The van der Waals surface area contributed by atoms with E-state index in [0.29, 0.717) is 6.04 Å². The second-order valence-electron chi connectivity index (χ2n) is 5.02. The zero-order chi connectivity index (χ0) is 11.7. The summed E-state index contributed by atoms with van der Waals surface area (Å²) in [5.74, 6) is 0.408. The summed E-state index contributed by atoms with van der Waals surface area (Å²) in [6.07, 6.45) is 3.16. The zero-order valence-electron chi connectivity index (χ0n) is 9.86. The summed E-state index contributed by atoms with van der Waals surface area (Å²) in [6, 6.07) is 10.8. The molecule has 0 bridgehead atoms. The summed E-state index contributed by atoms with van der Waals surface area (Å²) in [7, 11) is 0. The Balaban J connectivity index is 1.79. The number of piperidine rings is 2. The summed E-state index contributed by atoms with van der Waals surface area (Å²) in [5, 5.41) is 6.64. The minimum Gasteiger partial charge on any atom is -0.349 e. The van der Waals surface area contributed by atoms with Crippen molar-refractivity contribution in [1.82, 2.24) is 10.6 Å². The maximum absolute atomic E-state index is 12.1. The fraction of sp³-hybridized carbons (Fsp3) is 0.500. The van der Waals surface area contributed by atoms with Crippen LogP contribution in [0.25, 0.3) is 0 Å². The molecule has 1 aromatic rings. The minimum absolute atomic E-state index is 0.176. The van der Waals surface area contributed by atoms with E-state index in [0.717, 1.165) is 25.8 Å². The SMILES string of the molecule is O=C1NC(c2ccccc2)CC2NCCCC12. The van der Waals surface area contributed by atoms with Crippen LogP contribution in [0.2, 0.25) is 0 Å². The number of carbonyl (C=O) groups excluding carboxylic acids is 1. The van der Waals surface area contributed by atoms with Gasteiger partial charge in [-0.15, -0.1) is 0 Å². The Kier molecular flexibility index (Phi) is 2.85. The number of benzene rings is 1. The second-order valence-corrected chi connectivity index (χ2v) is 5.02. The highest BCUT2D eigenvalue weighted by molar-refractivity contribution is 5.81. The van der Waals surface area contributed by atoms with Crippen LogP contribution in [-0.4, -0.2) is 18.5 Å². The third kappa shape index (κ3) is 2.07. The summed E-state index contributed by atoms with van der Waals surface area (Å²) in [4.78, 5) is 12.1. The Morgan fingerprint density at radius 1 is 1.18 bits per heavy atom. The first-order valence-corrected chi connectivity index (χ1v) is 6.43. The van der Waals surface area contributed by atoms with E-state index in [-0.39, 0.29) is 17.9 Å². The van der Waals surface area contributed by atoms with E-state index < -0.39 is 0 Å². The molecule has 90 valence electrons. The first-order chi connectivity index (χ1) is 8.34. The number of amides is 1. The van der Waals surface area contributed by atoms with Gasteiger partial charge in [0, 0.05) is 6.04 Å². The van der Waals surface area contributed by atoms with Crippen LogP contribution in [-0.2, 0) is 4.79 Å². The molecular weight excluding hydrogens is 212 g/mol. The molecule has 2 aliphatic heterocycles. The van der Waals surface area contributed by atoms with Gasteiger partial charge in [0.05, 0.1) is 12.0 Å². The van der Waals surface area contributed by atoms with Crippen LogP contribution < -0.4 is 10.6 Å². The largest absolute Gasteiger partial charge is 0.349 e. The highest BCUT2D eigenvalue weighted by Crippen LogP contribution is 2.30. The molecule has 2 heterocycles. The zero-order valence-corrected chi connectivity index (χ0v) is 9.86. The molecule has 1 amide bonds. The average molecular weight is 230 g/mol. The van der Waals surface area contributed by atoms with Crippen LogP contribution in [0.5, 0.6) is 0 Å². The predicted molar refractivity (Wildman–Crippen MR) is 66.5 cm³/mol. The van der Waals surface area contributed by atoms with Crippen LogP contribution in [0.1, 0.15) is 30.9 Å². The van der Waals surface area contributed by atoms with Gasteiger partial charge in [-0.25, -0.2) is 0 Å². The van der Waals surface area contributed by atoms with E-state index in [4.69, 9.17) is 0 Å². The molecule has 17 heavy (non-hydrogen) atoms. The van der Waals surface area contributed by atoms with Crippen LogP contribution >= 0.6 is 0 Å². The van der Waals surface area contributed by atoms with Gasteiger partial charge in [-0.05, 0) is 31.4 Å². The smallest absolute Gasteiger partial charge is 0.225 e. The van der Waals surface area contributed by atoms with Crippen molar-refractivity contribution in [1.29, 1.82) is 0 Å². The Hall–Kier alpha value is -1.35. The Morgan fingerprint density at radius 3 is 2.82 bits per heavy atom. The van der Waals surface area contributed by atoms with Crippen molar-refractivity contribution in [2.24, 2.45) is 5.92 Å². The van der Waals surface area contributed by atoms with Gasteiger partial charge in [0.15, 0.2) is 0 Å². The van der Waals surface area contributed by atoms with E-state index in [1.54, 1.807) is 0 Å². The van der Waals surface area contributed by atoms with Crippen molar-refractivity contribution in [3.05, 3.63) is 35.9 Å². The van der Waals surface area contributed by atoms with Crippen molar-refractivity contribution < 1.29 is 4.79 Å². The van der Waals surface area contributed by atoms with Crippen LogP contribution in [0.4, 0.5) is 0 Å². The Morgan fingerprint density at radius 2 is 2.00 bits per heavy atom. The number of carbonyl (C=O) groups is 1. The lowest BCUT2D eigenvalue weighted by Crippen LogP contribution is -2.54. The predicted octanol–water partition coefficient (Wildman–Crippen LogP) is 1.62. The van der Waals surface area contributed by atoms with Gasteiger partial charge in [0.25, 0.3) is 0 Å². The molecule has 1 aromatic carbocycles. The molecule has 0 aromatic heterocycles. The number of hydrogen-bond acceptors (Lipinski definition) is 2. The molecule has 3 rings (SSSR count). The lowest BCUT2D eigenvalue weighted by atomic mass is 9.81. The van der Waals surface area contributed by atoms with Crippen LogP contribution in [0.15, 0.2) is 30.3 Å². The summed E-state index contributed by atoms with van der Waals surface area (Å²) >= 11 is 0. The standard InChI is InChI=1S/C14H18N2O/c17-14-11-7-4-8-15-13(11)9-12(16-14)10-5-2-1-3-6-10/h1-3,5-6,11-13,15H,4,7-9H2,(H,16,17). The van der Waals surface area contributed by atoms with E-state index in [1.807, 2.05) is 18.2 Å². The first-order valence-electron chi connectivity index (χ1n) is 6.43. The number of nitrogens with one attached hydrogen (secondary N) is 2. The quantitative estimate of drug-likeness (QED) is 0.769. The van der Waals surface area contributed by atoms with Gasteiger partial charge in [-0.3, -0.25) is 4.79 Å². The van der Waals surface area contributed by atoms with Gasteiger partial charge >= 0.3 is 0 Å². The van der Waals surface area contributed by atoms with Gasteiger partial charge in [0.2, 0.25) is 5.91 Å². The summed E-state index contributed by atoms with van der Waals surface area (Å²) in [5.41, 5.74) is 1.21. The highest BCUT2D eigenvalue weighted by atomic mass is 16.2. The van der Waals surface area contributed by atoms with Gasteiger partial charge < -0.3 is 10.6 Å². The van der Waals surface area contributed by atoms with Gasteiger partial charge in [-0.2, -0.15) is 0 Å². The Bertz CT molecular complexity index is 404. The van der Waals surface area contributed by atoms with Crippen molar-refractivity contribution in [3.8, 4) is 0 Å². The van der Waals surface area contributed by atoms with Gasteiger partial charge in [0.1, 0.15) is 0 Å². The third-order valence-electron chi connectivity index (χ3n) is 3.93. The van der Waals surface area contributed by atoms with E-state index in [1.165, 1.54) is 5.56 Å². The number of fused-ring (bicyclic) bond motifs is 1. The van der Waals surface area contributed by atoms with Crippen molar-refractivity contribution in [3.63, 3.8) is 0 Å². The number of rotatable bonds is 1. The van der Waals surface area contributed by atoms with Crippen molar-refractivity contribution >= 4 is 5.91 Å². The molecule has 0 radical (unpaired) electrons. The van der Waals surface area contributed by atoms with E-state index in [2.05, 4.69) is 22.8 Å².